The monoisotopic (exact) mass is 255 g/mol. The van der Waals surface area contributed by atoms with E-state index in [-0.39, 0.29) is 5.75 Å². The fourth-order valence-electron chi connectivity index (χ4n) is 1.40. The smallest absolute Gasteiger partial charge is 0.387 e. The lowest BCUT2D eigenvalue weighted by Crippen LogP contribution is -2.06. The lowest BCUT2D eigenvalue weighted by atomic mass is 10.2. The molecular weight excluding hydrogens is 244 g/mol. The number of hydrogen-bond donors (Lipinski definition) is 1. The van der Waals surface area contributed by atoms with Gasteiger partial charge in [0.05, 0.1) is 5.69 Å². The molecule has 0 radical (unpaired) electrons. The van der Waals surface area contributed by atoms with Crippen LogP contribution in [0.5, 0.6) is 5.75 Å². The maximum atomic E-state index is 12.2. The van der Waals surface area contributed by atoms with Crippen LogP contribution in [0.25, 0.3) is 0 Å². The molecule has 90 valence electrons. The van der Waals surface area contributed by atoms with E-state index in [9.17, 15) is 8.78 Å². The van der Waals surface area contributed by atoms with Gasteiger partial charge in [-0.2, -0.15) is 20.1 Å². The molecule has 1 aromatic heterocycles. The Morgan fingerprint density at radius 2 is 2.06 bits per heavy atom. The Bertz CT molecular complexity index is 459. The van der Waals surface area contributed by atoms with Gasteiger partial charge in [0.15, 0.2) is 0 Å². The van der Waals surface area contributed by atoms with Gasteiger partial charge in [-0.05, 0) is 34.5 Å². The summed E-state index contributed by atoms with van der Waals surface area (Å²) < 4.78 is 28.8. The summed E-state index contributed by atoms with van der Waals surface area (Å²) in [6.45, 7) is -2.22. The Morgan fingerprint density at radius 3 is 2.76 bits per heavy atom. The number of hydrogen-bond acceptors (Lipinski definition) is 3. The van der Waals surface area contributed by atoms with Crippen LogP contribution in [-0.4, -0.2) is 6.61 Å². The van der Waals surface area contributed by atoms with E-state index in [1.165, 1.54) is 6.07 Å². The highest BCUT2D eigenvalue weighted by atomic mass is 32.1. The van der Waals surface area contributed by atoms with Crippen molar-refractivity contribution >= 4 is 17.0 Å². The number of benzene rings is 1. The van der Waals surface area contributed by atoms with E-state index in [2.05, 4.69) is 10.1 Å². The van der Waals surface area contributed by atoms with E-state index in [0.717, 1.165) is 5.56 Å². The third kappa shape index (κ3) is 3.42. The second-order valence-electron chi connectivity index (χ2n) is 3.36. The number of rotatable bonds is 5. The summed E-state index contributed by atoms with van der Waals surface area (Å²) in [5, 5.41) is 7.04. The Kier molecular flexibility index (Phi) is 3.93. The molecule has 0 saturated carbocycles. The molecule has 17 heavy (non-hydrogen) atoms. The van der Waals surface area contributed by atoms with Crippen molar-refractivity contribution in [1.82, 2.24) is 0 Å². The van der Waals surface area contributed by atoms with Gasteiger partial charge in [0.2, 0.25) is 0 Å². The maximum Gasteiger partial charge on any atom is 0.387 e. The SMILES string of the molecule is FC(F)Oc1ccccc1NCc1ccsc1. The molecule has 0 unspecified atom stereocenters. The Hall–Kier alpha value is -1.62. The second-order valence-corrected chi connectivity index (χ2v) is 4.14. The molecule has 1 aromatic carbocycles. The van der Waals surface area contributed by atoms with Crippen molar-refractivity contribution < 1.29 is 13.5 Å². The van der Waals surface area contributed by atoms with E-state index in [1.54, 1.807) is 29.5 Å². The highest BCUT2D eigenvalue weighted by molar-refractivity contribution is 7.07. The highest BCUT2D eigenvalue weighted by Gasteiger charge is 2.08. The zero-order valence-electron chi connectivity index (χ0n) is 8.90. The first-order valence-corrected chi connectivity index (χ1v) is 5.99. The van der Waals surface area contributed by atoms with Gasteiger partial charge >= 0.3 is 6.61 Å². The average Bonchev–Trinajstić information content (AvgIpc) is 2.80. The summed E-state index contributed by atoms with van der Waals surface area (Å²) >= 11 is 1.60. The van der Waals surface area contributed by atoms with Gasteiger partial charge in [0, 0.05) is 6.54 Å². The molecule has 1 N–H and O–H groups in total. The largest absolute Gasteiger partial charge is 0.433 e. The van der Waals surface area contributed by atoms with Gasteiger partial charge < -0.3 is 10.1 Å². The summed E-state index contributed by atoms with van der Waals surface area (Å²) in [5.74, 6) is 0.165. The van der Waals surface area contributed by atoms with Crippen molar-refractivity contribution in [1.29, 1.82) is 0 Å². The average molecular weight is 255 g/mol. The highest BCUT2D eigenvalue weighted by Crippen LogP contribution is 2.26. The van der Waals surface area contributed by atoms with Gasteiger partial charge in [-0.3, -0.25) is 0 Å². The first kappa shape index (κ1) is 11.9. The lowest BCUT2D eigenvalue weighted by molar-refractivity contribution is -0.0493. The zero-order chi connectivity index (χ0) is 12.1. The molecule has 0 amide bonds. The number of alkyl halides is 2. The molecule has 2 rings (SSSR count). The molecule has 0 saturated heterocycles. The molecule has 0 atom stereocenters. The number of thiophene rings is 1. The van der Waals surface area contributed by atoms with Crippen LogP contribution in [0, 0.1) is 0 Å². The molecule has 0 spiro atoms. The van der Waals surface area contributed by atoms with Crippen LogP contribution in [0.1, 0.15) is 5.56 Å². The first-order valence-electron chi connectivity index (χ1n) is 5.04. The number of nitrogens with one attached hydrogen (secondary N) is 1. The Labute approximate surface area is 102 Å². The van der Waals surface area contributed by atoms with Gasteiger partial charge in [-0.15, -0.1) is 0 Å². The first-order chi connectivity index (χ1) is 8.25. The Balaban J connectivity index is 2.04. The minimum atomic E-state index is -2.81. The summed E-state index contributed by atoms with van der Waals surface area (Å²) in [7, 11) is 0. The molecule has 0 aliphatic rings. The van der Waals surface area contributed by atoms with Crippen LogP contribution in [0.2, 0.25) is 0 Å². The van der Waals surface area contributed by atoms with E-state index in [0.29, 0.717) is 12.2 Å². The van der Waals surface area contributed by atoms with Crippen LogP contribution in [0.4, 0.5) is 14.5 Å². The third-order valence-electron chi connectivity index (χ3n) is 2.17. The number of halogens is 2. The van der Waals surface area contributed by atoms with E-state index < -0.39 is 6.61 Å². The number of anilines is 1. The van der Waals surface area contributed by atoms with Crippen molar-refractivity contribution in [3.8, 4) is 5.75 Å². The van der Waals surface area contributed by atoms with Crippen LogP contribution in [-0.2, 0) is 6.54 Å². The van der Waals surface area contributed by atoms with Gasteiger partial charge in [-0.25, -0.2) is 0 Å². The molecule has 0 aliphatic carbocycles. The minimum absolute atomic E-state index is 0.165. The molecule has 2 aromatic rings. The minimum Gasteiger partial charge on any atom is -0.433 e. The predicted molar refractivity (Wildman–Crippen MR) is 64.7 cm³/mol. The van der Waals surface area contributed by atoms with Crippen LogP contribution in [0.15, 0.2) is 41.1 Å². The van der Waals surface area contributed by atoms with Crippen molar-refractivity contribution in [2.45, 2.75) is 13.2 Å². The van der Waals surface area contributed by atoms with Crippen molar-refractivity contribution in [2.24, 2.45) is 0 Å². The molecular formula is C12H11F2NOS. The van der Waals surface area contributed by atoms with Crippen LogP contribution >= 0.6 is 11.3 Å². The second kappa shape index (κ2) is 5.63. The van der Waals surface area contributed by atoms with Gasteiger partial charge in [0.25, 0.3) is 0 Å². The quantitative estimate of drug-likeness (QED) is 0.873. The summed E-state index contributed by atoms with van der Waals surface area (Å²) in [5.41, 5.74) is 1.68. The van der Waals surface area contributed by atoms with Crippen LogP contribution in [0.3, 0.4) is 0 Å². The van der Waals surface area contributed by atoms with Crippen LogP contribution < -0.4 is 10.1 Å². The summed E-state index contributed by atoms with van der Waals surface area (Å²) in [6.07, 6.45) is 0. The summed E-state index contributed by atoms with van der Waals surface area (Å²) in [4.78, 5) is 0. The molecule has 2 nitrogen and oxygen atoms in total. The standard InChI is InChI=1S/C12H11F2NOS/c13-12(14)16-11-4-2-1-3-10(11)15-7-9-5-6-17-8-9/h1-6,8,12,15H,7H2. The van der Waals surface area contributed by atoms with Gasteiger partial charge in [-0.1, -0.05) is 12.1 Å². The normalized spacial score (nSPS) is 10.5. The predicted octanol–water partition coefficient (Wildman–Crippen LogP) is 3.96. The summed E-state index contributed by atoms with van der Waals surface area (Å²) in [6, 6.07) is 8.64. The third-order valence-corrected chi connectivity index (χ3v) is 2.90. The van der Waals surface area contributed by atoms with E-state index >= 15 is 0 Å². The van der Waals surface area contributed by atoms with E-state index in [4.69, 9.17) is 0 Å². The Morgan fingerprint density at radius 1 is 1.24 bits per heavy atom. The zero-order valence-corrected chi connectivity index (χ0v) is 9.71. The fourth-order valence-corrected chi connectivity index (χ4v) is 2.07. The number of ether oxygens (including phenoxy) is 1. The topological polar surface area (TPSA) is 21.3 Å². The molecule has 5 heteroatoms. The molecule has 0 aliphatic heterocycles. The lowest BCUT2D eigenvalue weighted by Gasteiger charge is -2.11. The van der Waals surface area contributed by atoms with Crippen molar-refractivity contribution in [2.75, 3.05) is 5.32 Å². The maximum absolute atomic E-state index is 12.2. The molecule has 0 bridgehead atoms. The number of para-hydroxylation sites is 2. The van der Waals surface area contributed by atoms with Crippen molar-refractivity contribution in [3.05, 3.63) is 46.7 Å². The van der Waals surface area contributed by atoms with Gasteiger partial charge in [0.1, 0.15) is 5.75 Å². The fraction of sp³-hybridized carbons (Fsp3) is 0.167. The molecule has 0 fully saturated rings. The van der Waals surface area contributed by atoms with E-state index in [1.807, 2.05) is 16.8 Å². The molecule has 1 heterocycles. The van der Waals surface area contributed by atoms with Crippen molar-refractivity contribution in [3.63, 3.8) is 0 Å².